The molecule has 0 saturated carbocycles. The van der Waals surface area contributed by atoms with E-state index in [1.807, 2.05) is 30.3 Å². The predicted octanol–water partition coefficient (Wildman–Crippen LogP) is 1.78. The van der Waals surface area contributed by atoms with Crippen molar-refractivity contribution in [1.82, 2.24) is 24.6 Å². The van der Waals surface area contributed by atoms with Crippen LogP contribution in [0.2, 0.25) is 0 Å². The number of amides is 1. The van der Waals surface area contributed by atoms with Crippen molar-refractivity contribution in [2.45, 2.75) is 25.8 Å². The van der Waals surface area contributed by atoms with E-state index in [9.17, 15) is 9.59 Å². The number of nitrogens with zero attached hydrogens (tertiary/aromatic N) is 4. The van der Waals surface area contributed by atoms with Gasteiger partial charge in [0.15, 0.2) is 5.82 Å². The minimum atomic E-state index is -0.228. The van der Waals surface area contributed by atoms with Crippen LogP contribution in [0.3, 0.4) is 0 Å². The third-order valence-electron chi connectivity index (χ3n) is 4.29. The molecular weight excluding hydrogens is 342 g/mol. The minimum absolute atomic E-state index is 0.0140. The van der Waals surface area contributed by atoms with Crippen LogP contribution in [0.25, 0.3) is 11.5 Å². The molecule has 0 atom stereocenters. The molecule has 140 valence electrons. The van der Waals surface area contributed by atoms with Gasteiger partial charge in [-0.2, -0.15) is 0 Å². The van der Waals surface area contributed by atoms with Crippen LogP contribution in [-0.2, 0) is 24.8 Å². The quantitative estimate of drug-likeness (QED) is 0.660. The smallest absolute Gasteiger partial charge is 0.346 e. The fourth-order valence-electron chi connectivity index (χ4n) is 2.84. The van der Waals surface area contributed by atoms with Gasteiger partial charge in [0.05, 0.1) is 6.54 Å². The molecule has 0 aliphatic heterocycles. The molecule has 0 aliphatic rings. The molecule has 7 heteroatoms. The normalized spacial score (nSPS) is 10.7. The Bertz CT molecular complexity index is 932. The first kappa shape index (κ1) is 18.6. The number of hydrogen-bond acceptors (Lipinski definition) is 4. The Hall–Kier alpha value is -3.22. The van der Waals surface area contributed by atoms with Crippen molar-refractivity contribution < 1.29 is 4.79 Å². The lowest BCUT2D eigenvalue weighted by Crippen LogP contribution is -2.31. The topological polar surface area (TPSA) is 81.8 Å². The maximum absolute atomic E-state index is 12.3. The number of aromatic nitrogens is 4. The van der Waals surface area contributed by atoms with Gasteiger partial charge in [0.25, 0.3) is 0 Å². The second kappa shape index (κ2) is 8.93. The van der Waals surface area contributed by atoms with Gasteiger partial charge in [-0.05, 0) is 30.5 Å². The first-order valence-corrected chi connectivity index (χ1v) is 9.01. The van der Waals surface area contributed by atoms with Crippen LogP contribution in [0.5, 0.6) is 0 Å². The molecule has 2 aromatic heterocycles. The van der Waals surface area contributed by atoms with Crippen molar-refractivity contribution in [2.24, 2.45) is 7.05 Å². The molecule has 0 bridgehead atoms. The SMILES string of the molecule is Cn1c(-c2ccccn2)nn(CCNC(=O)CCCc2ccccc2)c1=O. The van der Waals surface area contributed by atoms with Gasteiger partial charge in [0.1, 0.15) is 5.69 Å². The van der Waals surface area contributed by atoms with E-state index in [4.69, 9.17) is 0 Å². The van der Waals surface area contributed by atoms with Crippen LogP contribution < -0.4 is 11.0 Å². The maximum atomic E-state index is 12.3. The highest BCUT2D eigenvalue weighted by Gasteiger charge is 2.12. The summed E-state index contributed by atoms with van der Waals surface area (Å²) >= 11 is 0. The van der Waals surface area contributed by atoms with Crippen molar-refractivity contribution in [2.75, 3.05) is 6.54 Å². The number of carbonyl (C=O) groups excluding carboxylic acids is 1. The Balaban J connectivity index is 1.48. The highest BCUT2D eigenvalue weighted by Crippen LogP contribution is 2.10. The summed E-state index contributed by atoms with van der Waals surface area (Å²) in [5.74, 6) is 0.495. The molecule has 27 heavy (non-hydrogen) atoms. The molecule has 0 aliphatic carbocycles. The fourth-order valence-corrected chi connectivity index (χ4v) is 2.84. The number of hydrogen-bond donors (Lipinski definition) is 1. The Morgan fingerprint density at radius 3 is 2.63 bits per heavy atom. The molecule has 1 N–H and O–H groups in total. The van der Waals surface area contributed by atoms with Crippen LogP contribution in [-0.4, -0.2) is 31.8 Å². The van der Waals surface area contributed by atoms with E-state index in [0.29, 0.717) is 31.0 Å². The van der Waals surface area contributed by atoms with E-state index in [0.717, 1.165) is 12.8 Å². The van der Waals surface area contributed by atoms with Crippen LogP contribution in [0, 0.1) is 0 Å². The number of benzene rings is 1. The molecule has 1 aromatic carbocycles. The Kier molecular flexibility index (Phi) is 6.14. The average Bonchev–Trinajstić information content (AvgIpc) is 2.98. The lowest BCUT2D eigenvalue weighted by Gasteiger charge is -2.05. The lowest BCUT2D eigenvalue weighted by atomic mass is 10.1. The monoisotopic (exact) mass is 365 g/mol. The van der Waals surface area contributed by atoms with Gasteiger partial charge in [0.2, 0.25) is 5.91 Å². The van der Waals surface area contributed by atoms with Crippen molar-refractivity contribution in [3.63, 3.8) is 0 Å². The zero-order valence-electron chi connectivity index (χ0n) is 15.3. The molecule has 0 fully saturated rings. The van der Waals surface area contributed by atoms with Crippen LogP contribution >= 0.6 is 0 Å². The number of carbonyl (C=O) groups is 1. The van der Waals surface area contributed by atoms with E-state index >= 15 is 0 Å². The number of nitrogens with one attached hydrogen (secondary N) is 1. The maximum Gasteiger partial charge on any atom is 0.346 e. The second-order valence-electron chi connectivity index (χ2n) is 6.29. The summed E-state index contributed by atoms with van der Waals surface area (Å²) in [6.45, 7) is 0.687. The summed E-state index contributed by atoms with van der Waals surface area (Å²) in [5.41, 5.74) is 1.64. The molecule has 0 unspecified atom stereocenters. The molecule has 7 nitrogen and oxygen atoms in total. The summed E-state index contributed by atoms with van der Waals surface area (Å²) in [7, 11) is 1.66. The number of rotatable bonds is 8. The van der Waals surface area contributed by atoms with Crippen LogP contribution in [0.1, 0.15) is 18.4 Å². The van der Waals surface area contributed by atoms with E-state index < -0.39 is 0 Å². The molecule has 3 rings (SSSR count). The summed E-state index contributed by atoms with van der Waals surface area (Å²) < 4.78 is 2.82. The number of aryl methyl sites for hydroxylation is 1. The van der Waals surface area contributed by atoms with Crippen molar-refractivity contribution in [3.8, 4) is 11.5 Å². The lowest BCUT2D eigenvalue weighted by molar-refractivity contribution is -0.121. The predicted molar refractivity (Wildman–Crippen MR) is 103 cm³/mol. The van der Waals surface area contributed by atoms with Gasteiger partial charge < -0.3 is 5.32 Å². The van der Waals surface area contributed by atoms with Gasteiger partial charge in [-0.15, -0.1) is 5.10 Å². The summed E-state index contributed by atoms with van der Waals surface area (Å²) in [6, 6.07) is 15.6. The van der Waals surface area contributed by atoms with Gasteiger partial charge >= 0.3 is 5.69 Å². The van der Waals surface area contributed by atoms with Gasteiger partial charge in [-0.25, -0.2) is 9.48 Å². The van der Waals surface area contributed by atoms with Crippen LogP contribution in [0.15, 0.2) is 59.5 Å². The molecule has 3 aromatic rings. The summed E-state index contributed by atoms with van der Waals surface area (Å²) in [5, 5.41) is 7.18. The molecule has 0 radical (unpaired) electrons. The third-order valence-corrected chi connectivity index (χ3v) is 4.29. The Morgan fingerprint density at radius 1 is 1.11 bits per heavy atom. The van der Waals surface area contributed by atoms with Crippen LogP contribution in [0.4, 0.5) is 0 Å². The summed E-state index contributed by atoms with van der Waals surface area (Å²) in [4.78, 5) is 28.5. The zero-order chi connectivity index (χ0) is 19.1. The van der Waals surface area contributed by atoms with E-state index in [1.54, 1.807) is 19.3 Å². The van der Waals surface area contributed by atoms with E-state index in [-0.39, 0.29) is 11.6 Å². The molecule has 0 saturated heterocycles. The standard InChI is InChI=1S/C20H23N5O2/c1-24-19(17-11-5-6-13-21-17)23-25(20(24)27)15-14-22-18(26)12-7-10-16-8-3-2-4-9-16/h2-6,8-9,11,13H,7,10,12,14-15H2,1H3,(H,22,26). The third kappa shape index (κ3) is 4.91. The Morgan fingerprint density at radius 2 is 1.89 bits per heavy atom. The highest BCUT2D eigenvalue weighted by molar-refractivity contribution is 5.75. The Labute approximate surface area is 157 Å². The van der Waals surface area contributed by atoms with Crippen molar-refractivity contribution in [1.29, 1.82) is 0 Å². The molecule has 1 amide bonds. The van der Waals surface area contributed by atoms with Gasteiger partial charge in [-0.1, -0.05) is 36.4 Å². The molecular formula is C20H23N5O2. The number of pyridine rings is 1. The molecule has 2 heterocycles. The van der Waals surface area contributed by atoms with Crippen molar-refractivity contribution >= 4 is 5.91 Å². The average molecular weight is 365 g/mol. The van der Waals surface area contributed by atoms with E-state index in [2.05, 4.69) is 27.5 Å². The minimum Gasteiger partial charge on any atom is -0.354 e. The van der Waals surface area contributed by atoms with Crippen molar-refractivity contribution in [3.05, 3.63) is 70.8 Å². The van der Waals surface area contributed by atoms with E-state index in [1.165, 1.54) is 14.8 Å². The fraction of sp³-hybridized carbons (Fsp3) is 0.300. The summed E-state index contributed by atoms with van der Waals surface area (Å²) in [6.07, 6.45) is 3.80. The highest BCUT2D eigenvalue weighted by atomic mass is 16.2. The molecule has 0 spiro atoms. The first-order chi connectivity index (χ1) is 13.1. The van der Waals surface area contributed by atoms with Gasteiger partial charge in [0, 0.05) is 26.2 Å². The van der Waals surface area contributed by atoms with Gasteiger partial charge in [-0.3, -0.25) is 14.3 Å². The first-order valence-electron chi connectivity index (χ1n) is 9.01. The largest absolute Gasteiger partial charge is 0.354 e. The second-order valence-corrected chi connectivity index (χ2v) is 6.29. The zero-order valence-corrected chi connectivity index (χ0v) is 15.3.